The molecule has 0 saturated heterocycles. The van der Waals surface area contributed by atoms with Gasteiger partial charge in [-0.2, -0.15) is 4.68 Å². The van der Waals surface area contributed by atoms with Gasteiger partial charge in [0, 0.05) is 0 Å². The van der Waals surface area contributed by atoms with Crippen molar-refractivity contribution < 1.29 is 23.9 Å². The van der Waals surface area contributed by atoms with Gasteiger partial charge in [-0.05, 0) is 36.4 Å². The number of aromatic nitrogens is 4. The summed E-state index contributed by atoms with van der Waals surface area (Å²) in [5, 5.41) is 15.9. The van der Waals surface area contributed by atoms with Gasteiger partial charge in [0.25, 0.3) is 0 Å². The van der Waals surface area contributed by atoms with Crippen molar-refractivity contribution in [2.24, 2.45) is 0 Å². The molecule has 0 aliphatic carbocycles. The van der Waals surface area contributed by atoms with Crippen molar-refractivity contribution in [1.82, 2.24) is 30.8 Å². The summed E-state index contributed by atoms with van der Waals surface area (Å²) >= 11 is 0. The summed E-state index contributed by atoms with van der Waals surface area (Å²) < 4.78 is 11.7. The molecule has 11 heteroatoms. The van der Waals surface area contributed by atoms with E-state index < -0.39 is 24.0 Å². The molecular weight excluding hydrogens is 368 g/mol. The third-order valence-electron chi connectivity index (χ3n) is 3.93. The van der Waals surface area contributed by atoms with E-state index in [1.165, 1.54) is 11.0 Å². The molecule has 2 amide bonds. The average molecular weight is 386 g/mol. The molecule has 28 heavy (non-hydrogen) atoms. The number of urea groups is 1. The third-order valence-corrected chi connectivity index (χ3v) is 3.93. The predicted molar refractivity (Wildman–Crippen MR) is 94.2 cm³/mol. The highest BCUT2D eigenvalue weighted by molar-refractivity contribution is 5.96. The lowest BCUT2D eigenvalue weighted by Crippen LogP contribution is -2.50. The number of carbonyl (C=O) groups is 3. The van der Waals surface area contributed by atoms with E-state index in [9.17, 15) is 14.4 Å². The molecule has 3 rings (SSSR count). The Kier molecular flexibility index (Phi) is 5.63. The zero-order chi connectivity index (χ0) is 20.1. The number of carbonyl (C=O) groups excluding carboxylic acids is 3. The van der Waals surface area contributed by atoms with Crippen LogP contribution in [0.1, 0.15) is 24.2 Å². The monoisotopic (exact) mass is 386 g/mol. The maximum absolute atomic E-state index is 12.6. The first-order valence-electron chi connectivity index (χ1n) is 8.48. The van der Waals surface area contributed by atoms with Gasteiger partial charge in [-0.1, -0.05) is 12.1 Å². The molecular formula is C17H18N6O5. The maximum atomic E-state index is 12.6. The fourth-order valence-corrected chi connectivity index (χ4v) is 2.73. The van der Waals surface area contributed by atoms with Gasteiger partial charge in [-0.3, -0.25) is 0 Å². The largest absolute Gasteiger partial charge is 0.463 e. The number of benzene rings is 1. The van der Waals surface area contributed by atoms with Crippen LogP contribution in [0.4, 0.5) is 4.79 Å². The molecule has 1 aliphatic heterocycles. The van der Waals surface area contributed by atoms with Gasteiger partial charge in [-0.25, -0.2) is 14.4 Å². The number of rotatable bonds is 6. The molecule has 2 aromatic rings. The number of nitrogens with one attached hydrogen (secondary N) is 2. The summed E-state index contributed by atoms with van der Waals surface area (Å²) in [5.41, 5.74) is 1.02. The summed E-state index contributed by atoms with van der Waals surface area (Å²) in [5.74, 6) is -1.26. The van der Waals surface area contributed by atoms with E-state index in [2.05, 4.69) is 26.2 Å². The Labute approximate surface area is 159 Å². The quantitative estimate of drug-likeness (QED) is 0.678. The zero-order valence-corrected chi connectivity index (χ0v) is 15.2. The molecule has 0 radical (unpaired) electrons. The summed E-state index contributed by atoms with van der Waals surface area (Å²) in [7, 11) is 0. The summed E-state index contributed by atoms with van der Waals surface area (Å²) in [4.78, 5) is 36.6. The van der Waals surface area contributed by atoms with E-state index in [-0.39, 0.29) is 30.0 Å². The van der Waals surface area contributed by atoms with Crippen LogP contribution >= 0.6 is 0 Å². The second-order valence-corrected chi connectivity index (χ2v) is 5.78. The molecule has 0 spiro atoms. The highest BCUT2D eigenvalue weighted by atomic mass is 16.5. The Morgan fingerprint density at radius 1 is 1.21 bits per heavy atom. The minimum atomic E-state index is -0.665. The Morgan fingerprint density at radius 3 is 2.71 bits per heavy atom. The SMILES string of the molecule is CCOC(=O)C1=C(COC(=O)c2ccccc2-n2cnnn2)NC(=O)N[C@H]1C. The number of hydrogen-bond donors (Lipinski definition) is 2. The Hall–Kier alpha value is -3.76. The maximum Gasteiger partial charge on any atom is 0.340 e. The normalized spacial score (nSPS) is 16.2. The van der Waals surface area contributed by atoms with Crippen molar-refractivity contribution in [1.29, 1.82) is 0 Å². The predicted octanol–water partition coefficient (Wildman–Crippen LogP) is 0.338. The Balaban J connectivity index is 1.82. The van der Waals surface area contributed by atoms with Crippen molar-refractivity contribution in [3.05, 3.63) is 47.4 Å². The van der Waals surface area contributed by atoms with Crippen molar-refractivity contribution in [2.45, 2.75) is 19.9 Å². The van der Waals surface area contributed by atoms with E-state index in [4.69, 9.17) is 9.47 Å². The fourth-order valence-electron chi connectivity index (χ4n) is 2.73. The van der Waals surface area contributed by atoms with E-state index in [0.29, 0.717) is 5.69 Å². The number of amides is 2. The van der Waals surface area contributed by atoms with Crippen LogP contribution in [-0.4, -0.2) is 57.4 Å². The zero-order valence-electron chi connectivity index (χ0n) is 15.2. The van der Waals surface area contributed by atoms with Crippen LogP contribution in [0, 0.1) is 0 Å². The van der Waals surface area contributed by atoms with Gasteiger partial charge in [0.15, 0.2) is 0 Å². The third kappa shape index (κ3) is 3.98. The first-order chi connectivity index (χ1) is 13.5. The van der Waals surface area contributed by atoms with Crippen LogP contribution < -0.4 is 10.6 Å². The second-order valence-electron chi connectivity index (χ2n) is 5.78. The number of hydrogen-bond acceptors (Lipinski definition) is 8. The van der Waals surface area contributed by atoms with Crippen LogP contribution in [-0.2, 0) is 14.3 Å². The first-order valence-corrected chi connectivity index (χ1v) is 8.48. The molecule has 146 valence electrons. The summed E-state index contributed by atoms with van der Waals surface area (Å²) in [6.45, 7) is 3.18. The topological polar surface area (TPSA) is 137 Å². The van der Waals surface area contributed by atoms with Gasteiger partial charge in [-0.15, -0.1) is 5.10 Å². The molecule has 0 bridgehead atoms. The van der Waals surface area contributed by atoms with Crippen molar-refractivity contribution >= 4 is 18.0 Å². The van der Waals surface area contributed by atoms with Gasteiger partial charge in [0.05, 0.1) is 35.2 Å². The fraction of sp³-hybridized carbons (Fsp3) is 0.294. The van der Waals surface area contributed by atoms with Crippen molar-refractivity contribution in [3.8, 4) is 5.69 Å². The molecule has 0 saturated carbocycles. The molecule has 0 fully saturated rings. The lowest BCUT2D eigenvalue weighted by Gasteiger charge is -2.26. The second kappa shape index (κ2) is 8.29. The van der Waals surface area contributed by atoms with Crippen molar-refractivity contribution in [3.63, 3.8) is 0 Å². The number of para-hydroxylation sites is 1. The van der Waals surface area contributed by atoms with Crippen LogP contribution in [0.2, 0.25) is 0 Å². The minimum Gasteiger partial charge on any atom is -0.463 e. The molecule has 0 unspecified atom stereocenters. The summed E-state index contributed by atoms with van der Waals surface area (Å²) in [6, 6.07) is 5.52. The number of esters is 2. The van der Waals surface area contributed by atoms with E-state index in [1.807, 2.05) is 0 Å². The Morgan fingerprint density at radius 2 is 2.00 bits per heavy atom. The summed E-state index contributed by atoms with van der Waals surface area (Å²) in [6.07, 6.45) is 1.35. The molecule has 1 aromatic carbocycles. The van der Waals surface area contributed by atoms with E-state index in [1.54, 1.807) is 38.1 Å². The van der Waals surface area contributed by atoms with E-state index >= 15 is 0 Å². The van der Waals surface area contributed by atoms with Gasteiger partial charge in [0.2, 0.25) is 0 Å². The molecule has 1 aliphatic rings. The average Bonchev–Trinajstić information content (AvgIpc) is 3.20. The lowest BCUT2D eigenvalue weighted by molar-refractivity contribution is -0.139. The number of tetrazole rings is 1. The molecule has 1 aromatic heterocycles. The van der Waals surface area contributed by atoms with E-state index in [0.717, 1.165) is 0 Å². The van der Waals surface area contributed by atoms with Crippen LogP contribution in [0.25, 0.3) is 5.69 Å². The van der Waals surface area contributed by atoms with Crippen molar-refractivity contribution in [2.75, 3.05) is 13.2 Å². The number of ether oxygens (including phenoxy) is 2. The van der Waals surface area contributed by atoms with Gasteiger partial charge >= 0.3 is 18.0 Å². The van der Waals surface area contributed by atoms with Gasteiger partial charge < -0.3 is 20.1 Å². The smallest absolute Gasteiger partial charge is 0.340 e. The standard InChI is InChI=1S/C17H18N6O5/c1-3-27-16(25)14-10(2)19-17(26)20-12(14)8-28-15(24)11-6-4-5-7-13(11)23-9-18-21-22-23/h4-7,9-10H,3,8H2,1-2H3,(H2,19,20,26)/t10-/m0/s1. The van der Waals surface area contributed by atoms with Crippen LogP contribution in [0.5, 0.6) is 0 Å². The lowest BCUT2D eigenvalue weighted by atomic mass is 10.0. The molecule has 2 heterocycles. The molecule has 11 nitrogen and oxygen atoms in total. The Bertz CT molecular complexity index is 924. The number of nitrogens with zero attached hydrogens (tertiary/aromatic N) is 4. The highest BCUT2D eigenvalue weighted by Crippen LogP contribution is 2.17. The van der Waals surface area contributed by atoms with Crippen LogP contribution in [0.3, 0.4) is 0 Å². The highest BCUT2D eigenvalue weighted by Gasteiger charge is 2.30. The minimum absolute atomic E-state index is 0.169. The molecule has 1 atom stereocenters. The first kappa shape index (κ1) is 19.0. The molecule has 2 N–H and O–H groups in total. The van der Waals surface area contributed by atoms with Crippen LogP contribution in [0.15, 0.2) is 41.9 Å². The van der Waals surface area contributed by atoms with Gasteiger partial charge in [0.1, 0.15) is 12.9 Å².